The number of oxime groups is 1. The number of allylic oxidation sites excluding steroid dienone is 3. The van der Waals surface area contributed by atoms with Crippen molar-refractivity contribution >= 4 is 11.6 Å². The molecule has 3 rings (SSSR count). The van der Waals surface area contributed by atoms with Gasteiger partial charge in [-0.05, 0) is 57.7 Å². The molecule has 1 aromatic carbocycles. The Labute approximate surface area is 195 Å². The first-order chi connectivity index (χ1) is 15.9. The number of phenolic OH excluding ortho intramolecular Hbond substituents is 2. The summed E-state index contributed by atoms with van der Waals surface area (Å²) in [6, 6.07) is 2.86. The second kappa shape index (κ2) is 11.3. The van der Waals surface area contributed by atoms with E-state index in [0.29, 0.717) is 36.5 Å². The van der Waals surface area contributed by atoms with E-state index >= 15 is 0 Å². The van der Waals surface area contributed by atoms with Gasteiger partial charge in [0.1, 0.15) is 18.1 Å². The number of nitrogens with zero attached hydrogens (tertiary/aromatic N) is 2. The first-order valence-electron chi connectivity index (χ1n) is 11.5. The Balaban J connectivity index is 1.91. The van der Waals surface area contributed by atoms with E-state index in [-0.39, 0.29) is 36.5 Å². The Kier molecular flexibility index (Phi) is 8.52. The highest BCUT2D eigenvalue weighted by molar-refractivity contribution is 5.96. The molecule has 0 bridgehead atoms. The molecule has 1 unspecified atom stereocenters. The number of likely N-dealkylation sites (N-methyl/N-ethyl adjacent to an activating group) is 1. The number of benzene rings is 1. The summed E-state index contributed by atoms with van der Waals surface area (Å²) in [4.78, 5) is 19.3. The summed E-state index contributed by atoms with van der Waals surface area (Å²) in [6.45, 7) is 7.15. The topological polar surface area (TPSA) is 104 Å². The molecule has 8 nitrogen and oxygen atoms in total. The predicted molar refractivity (Wildman–Crippen MR) is 125 cm³/mol. The molecule has 1 saturated heterocycles. The minimum atomic E-state index is -1.06. The van der Waals surface area contributed by atoms with Gasteiger partial charge in [-0.3, -0.25) is 4.79 Å². The van der Waals surface area contributed by atoms with Crippen LogP contribution in [0.1, 0.15) is 51.2 Å². The van der Waals surface area contributed by atoms with Crippen molar-refractivity contribution in [1.29, 1.82) is 0 Å². The van der Waals surface area contributed by atoms with Gasteiger partial charge >= 0.3 is 0 Å². The molecular weight excluding hydrogens is 424 g/mol. The second-order valence-corrected chi connectivity index (χ2v) is 8.25. The average molecular weight is 459 g/mol. The van der Waals surface area contributed by atoms with E-state index in [1.54, 1.807) is 11.0 Å². The van der Waals surface area contributed by atoms with Crippen LogP contribution in [0.25, 0.3) is 0 Å². The van der Waals surface area contributed by atoms with Gasteiger partial charge in [-0.15, -0.1) is 0 Å². The molecule has 2 N–H and O–H groups in total. The van der Waals surface area contributed by atoms with Crippen LogP contribution in [-0.4, -0.2) is 59.1 Å². The van der Waals surface area contributed by atoms with Gasteiger partial charge in [0.25, 0.3) is 5.91 Å². The molecular formula is C25H34N2O6. The number of hydrogen-bond donors (Lipinski definition) is 2. The predicted octanol–water partition coefficient (Wildman–Crippen LogP) is 3.77. The number of carbonyl (C=O) groups excluding carboxylic acids is 1. The van der Waals surface area contributed by atoms with Crippen molar-refractivity contribution in [3.63, 3.8) is 0 Å². The number of phenols is 2. The van der Waals surface area contributed by atoms with Crippen LogP contribution in [0.2, 0.25) is 0 Å². The molecule has 180 valence electrons. The standard InChI is InChI=1S/C25H34N2O6/c1-4-27(5-2)23(30)16-32-26-20-12-10-8-6-7-9-11-18(3)33-25(17-31-25)24-19(13-20)14-21(28)15-22(24)29/h7,9-10,12,14-15,18,28-29H,4-6,8,11,13,16-17H2,1-3H3/b9-7+,12-10+,26-20+/t18-,25?/m1/s1. The van der Waals surface area contributed by atoms with Crippen molar-refractivity contribution in [3.8, 4) is 11.5 Å². The SMILES string of the molecule is CCN(CC)C(=O)CO/N=C1\C=C\CC/C=C/C[C@@H](C)OC2(CO2)c2c(O)cc(O)cc2C1. The Bertz CT molecular complexity index is 916. The average Bonchev–Trinajstić information content (AvgIpc) is 3.52. The van der Waals surface area contributed by atoms with Crippen molar-refractivity contribution in [3.05, 3.63) is 47.6 Å². The number of fused-ring (bicyclic) bond motifs is 2. The highest BCUT2D eigenvalue weighted by Crippen LogP contribution is 2.48. The van der Waals surface area contributed by atoms with Gasteiger partial charge in [0.2, 0.25) is 5.79 Å². The van der Waals surface area contributed by atoms with E-state index in [0.717, 1.165) is 19.3 Å². The first kappa shape index (κ1) is 24.8. The number of amides is 1. The smallest absolute Gasteiger partial charge is 0.263 e. The number of hydrogen-bond acceptors (Lipinski definition) is 7. The zero-order valence-corrected chi connectivity index (χ0v) is 19.6. The van der Waals surface area contributed by atoms with E-state index < -0.39 is 5.79 Å². The minimum Gasteiger partial charge on any atom is -0.508 e. The molecule has 2 atom stereocenters. The summed E-state index contributed by atoms with van der Waals surface area (Å²) in [5, 5.41) is 25.0. The lowest BCUT2D eigenvalue weighted by Crippen LogP contribution is -2.33. The number of ether oxygens (including phenoxy) is 2. The van der Waals surface area contributed by atoms with Crippen LogP contribution in [0.3, 0.4) is 0 Å². The van der Waals surface area contributed by atoms with E-state index in [2.05, 4.69) is 17.3 Å². The Hall–Kier alpha value is -2.84. The normalized spacial score (nSPS) is 26.3. The molecule has 0 radical (unpaired) electrons. The Morgan fingerprint density at radius 1 is 1.21 bits per heavy atom. The Morgan fingerprint density at radius 2 is 1.94 bits per heavy atom. The zero-order chi connectivity index (χ0) is 23.8. The lowest BCUT2D eigenvalue weighted by molar-refractivity contribution is -0.135. The first-order valence-corrected chi connectivity index (χ1v) is 11.5. The number of carbonyl (C=O) groups is 1. The molecule has 1 fully saturated rings. The van der Waals surface area contributed by atoms with E-state index in [1.165, 1.54) is 6.07 Å². The van der Waals surface area contributed by atoms with Gasteiger partial charge in [-0.25, -0.2) is 0 Å². The molecule has 2 aliphatic heterocycles. The van der Waals surface area contributed by atoms with Crippen molar-refractivity contribution in [2.45, 2.75) is 58.3 Å². The third-order valence-electron chi connectivity index (χ3n) is 5.67. The van der Waals surface area contributed by atoms with Crippen LogP contribution in [0.15, 0.2) is 41.6 Å². The molecule has 2 heterocycles. The van der Waals surface area contributed by atoms with Crippen molar-refractivity contribution < 1.29 is 29.3 Å². The van der Waals surface area contributed by atoms with E-state index in [9.17, 15) is 15.0 Å². The minimum absolute atomic E-state index is 0.0693. The summed E-state index contributed by atoms with van der Waals surface area (Å²) in [7, 11) is 0. The van der Waals surface area contributed by atoms with E-state index in [4.69, 9.17) is 14.3 Å². The summed E-state index contributed by atoms with van der Waals surface area (Å²) in [6.07, 6.45) is 10.6. The highest BCUT2D eigenvalue weighted by atomic mass is 16.8. The number of epoxide rings is 1. The molecule has 0 aliphatic carbocycles. The second-order valence-electron chi connectivity index (χ2n) is 8.25. The Morgan fingerprint density at radius 3 is 2.64 bits per heavy atom. The molecule has 1 aromatic rings. The molecule has 0 saturated carbocycles. The fraction of sp³-hybridized carbons (Fsp3) is 0.520. The summed E-state index contributed by atoms with van der Waals surface area (Å²) >= 11 is 0. The number of rotatable bonds is 5. The summed E-state index contributed by atoms with van der Waals surface area (Å²) in [5.74, 6) is -1.36. The lowest BCUT2D eigenvalue weighted by atomic mass is 9.95. The third kappa shape index (κ3) is 6.58. The van der Waals surface area contributed by atoms with Crippen molar-refractivity contribution in [1.82, 2.24) is 4.90 Å². The lowest BCUT2D eigenvalue weighted by Gasteiger charge is -2.22. The molecule has 1 spiro atoms. The molecule has 1 amide bonds. The maximum Gasteiger partial charge on any atom is 0.263 e. The van der Waals surface area contributed by atoms with Crippen LogP contribution in [0.4, 0.5) is 0 Å². The molecule has 2 aliphatic rings. The fourth-order valence-electron chi connectivity index (χ4n) is 3.93. The van der Waals surface area contributed by atoms with Gasteiger partial charge in [0.05, 0.1) is 17.4 Å². The highest BCUT2D eigenvalue weighted by Gasteiger charge is 2.52. The maximum absolute atomic E-state index is 12.2. The van der Waals surface area contributed by atoms with Crippen LogP contribution in [0.5, 0.6) is 11.5 Å². The van der Waals surface area contributed by atoms with Gasteiger partial charge in [0.15, 0.2) is 6.61 Å². The maximum atomic E-state index is 12.2. The third-order valence-corrected chi connectivity index (χ3v) is 5.67. The van der Waals surface area contributed by atoms with Gasteiger partial charge in [0, 0.05) is 25.6 Å². The summed E-state index contributed by atoms with van der Waals surface area (Å²) in [5.41, 5.74) is 1.65. The van der Waals surface area contributed by atoms with Crippen LogP contribution in [0, 0.1) is 0 Å². The van der Waals surface area contributed by atoms with Crippen LogP contribution in [-0.2, 0) is 31.3 Å². The fourth-order valence-corrected chi connectivity index (χ4v) is 3.93. The number of aromatic hydroxyl groups is 2. The van der Waals surface area contributed by atoms with Crippen LogP contribution >= 0.6 is 0 Å². The largest absolute Gasteiger partial charge is 0.508 e. The quantitative estimate of drug-likeness (QED) is 0.396. The van der Waals surface area contributed by atoms with E-state index in [1.807, 2.05) is 32.9 Å². The van der Waals surface area contributed by atoms with Gasteiger partial charge in [-0.1, -0.05) is 23.4 Å². The van der Waals surface area contributed by atoms with Crippen molar-refractivity contribution in [2.75, 3.05) is 26.3 Å². The molecule has 0 aromatic heterocycles. The summed E-state index contributed by atoms with van der Waals surface area (Å²) < 4.78 is 11.9. The molecule has 8 heteroatoms. The van der Waals surface area contributed by atoms with Gasteiger partial charge in [-0.2, -0.15) is 0 Å². The molecule has 33 heavy (non-hydrogen) atoms. The van der Waals surface area contributed by atoms with Crippen molar-refractivity contribution in [2.24, 2.45) is 5.16 Å². The van der Waals surface area contributed by atoms with Gasteiger partial charge < -0.3 is 29.4 Å². The zero-order valence-electron chi connectivity index (χ0n) is 19.6. The van der Waals surface area contributed by atoms with Crippen LogP contribution < -0.4 is 0 Å². The monoisotopic (exact) mass is 458 g/mol.